The molecule has 0 amide bonds. The largest absolute Gasteiger partial charge is 0.272 e. The molecule has 0 bridgehead atoms. The molecule has 4 heteroatoms. The van der Waals surface area contributed by atoms with Crippen LogP contribution in [0.15, 0.2) is 30.6 Å². The topological polar surface area (TPSA) is 30.7 Å². The molecule has 1 heterocycles. The van der Waals surface area contributed by atoms with E-state index >= 15 is 0 Å². The van der Waals surface area contributed by atoms with E-state index in [0.717, 1.165) is 12.1 Å². The van der Waals surface area contributed by atoms with Crippen LogP contribution < -0.4 is 0 Å². The monoisotopic (exact) mass is 207 g/mol. The summed E-state index contributed by atoms with van der Waals surface area (Å²) in [5, 5.41) is 7.85. The average molecular weight is 208 g/mol. The lowest BCUT2D eigenvalue weighted by atomic mass is 10.1. The van der Waals surface area contributed by atoms with Crippen molar-refractivity contribution in [2.75, 3.05) is 0 Å². The van der Waals surface area contributed by atoms with Crippen molar-refractivity contribution in [1.29, 1.82) is 0 Å². The van der Waals surface area contributed by atoms with Crippen molar-refractivity contribution < 1.29 is 0 Å². The second kappa shape index (κ2) is 3.80. The van der Waals surface area contributed by atoms with Gasteiger partial charge in [-0.1, -0.05) is 19.1 Å². The number of aryl methyl sites for hydroxylation is 1. The zero-order valence-electron chi connectivity index (χ0n) is 7.81. The van der Waals surface area contributed by atoms with Crippen LogP contribution >= 0.6 is 11.6 Å². The van der Waals surface area contributed by atoms with E-state index in [1.54, 1.807) is 10.9 Å². The van der Waals surface area contributed by atoms with Gasteiger partial charge in [0.05, 0.1) is 0 Å². The van der Waals surface area contributed by atoms with Crippen LogP contribution in [0, 0.1) is 0 Å². The Kier molecular flexibility index (Phi) is 2.50. The van der Waals surface area contributed by atoms with Gasteiger partial charge in [-0.3, -0.25) is 4.57 Å². The smallest absolute Gasteiger partial charge is 0.229 e. The lowest BCUT2D eigenvalue weighted by molar-refractivity contribution is 1.04. The van der Waals surface area contributed by atoms with Crippen molar-refractivity contribution in [2.24, 2.45) is 0 Å². The molecule has 0 spiro atoms. The molecular formula is C10H10ClN3. The summed E-state index contributed by atoms with van der Waals surface area (Å²) in [4.78, 5) is 0. The molecule has 14 heavy (non-hydrogen) atoms. The lowest BCUT2D eigenvalue weighted by Gasteiger charge is -2.04. The van der Waals surface area contributed by atoms with Gasteiger partial charge in [-0.05, 0) is 35.7 Å². The highest BCUT2D eigenvalue weighted by Crippen LogP contribution is 2.14. The van der Waals surface area contributed by atoms with Crippen LogP contribution in [0.25, 0.3) is 5.69 Å². The molecule has 0 saturated heterocycles. The highest BCUT2D eigenvalue weighted by molar-refractivity contribution is 6.28. The summed E-state index contributed by atoms with van der Waals surface area (Å²) in [6.45, 7) is 2.12. The fourth-order valence-electron chi connectivity index (χ4n) is 1.32. The first kappa shape index (κ1) is 9.21. The summed E-state index contributed by atoms with van der Waals surface area (Å²) < 4.78 is 1.75. The van der Waals surface area contributed by atoms with Crippen LogP contribution in [0.5, 0.6) is 0 Å². The molecular weight excluding hydrogens is 198 g/mol. The molecule has 0 radical (unpaired) electrons. The summed E-state index contributed by atoms with van der Waals surface area (Å²) in [7, 11) is 0. The third-order valence-corrected chi connectivity index (χ3v) is 2.36. The minimum Gasteiger partial charge on any atom is -0.272 e. The maximum Gasteiger partial charge on any atom is 0.229 e. The predicted molar refractivity (Wildman–Crippen MR) is 55.7 cm³/mol. The summed E-state index contributed by atoms with van der Waals surface area (Å²) in [5.41, 5.74) is 2.27. The minimum atomic E-state index is 0.387. The van der Waals surface area contributed by atoms with Gasteiger partial charge in [-0.25, -0.2) is 0 Å². The average Bonchev–Trinajstić information content (AvgIpc) is 2.65. The molecule has 72 valence electrons. The third-order valence-electron chi connectivity index (χ3n) is 2.10. The molecule has 0 fully saturated rings. The highest BCUT2D eigenvalue weighted by Gasteiger charge is 2.02. The Hall–Kier alpha value is -1.35. The van der Waals surface area contributed by atoms with Gasteiger partial charge in [0.25, 0.3) is 0 Å². The first-order valence-electron chi connectivity index (χ1n) is 4.46. The molecule has 3 nitrogen and oxygen atoms in total. The van der Waals surface area contributed by atoms with Crippen molar-refractivity contribution >= 4 is 11.6 Å². The van der Waals surface area contributed by atoms with Crippen molar-refractivity contribution in [1.82, 2.24) is 14.8 Å². The van der Waals surface area contributed by atoms with E-state index in [9.17, 15) is 0 Å². The van der Waals surface area contributed by atoms with Crippen LogP contribution in [0.2, 0.25) is 5.28 Å². The Bertz CT molecular complexity index is 436. The van der Waals surface area contributed by atoms with Gasteiger partial charge in [0.1, 0.15) is 6.33 Å². The second-order valence-electron chi connectivity index (χ2n) is 2.99. The minimum absolute atomic E-state index is 0.387. The van der Waals surface area contributed by atoms with Crippen molar-refractivity contribution in [3.05, 3.63) is 41.4 Å². The van der Waals surface area contributed by atoms with E-state index < -0.39 is 0 Å². The number of aromatic nitrogens is 3. The van der Waals surface area contributed by atoms with Crippen LogP contribution in [-0.4, -0.2) is 14.8 Å². The van der Waals surface area contributed by atoms with E-state index in [2.05, 4.69) is 29.3 Å². The number of halogens is 1. The van der Waals surface area contributed by atoms with Gasteiger partial charge in [0.2, 0.25) is 5.28 Å². The molecule has 0 unspecified atom stereocenters. The van der Waals surface area contributed by atoms with Crippen molar-refractivity contribution in [3.8, 4) is 5.69 Å². The van der Waals surface area contributed by atoms with E-state index in [0.29, 0.717) is 5.28 Å². The Balaban J connectivity index is 2.47. The van der Waals surface area contributed by atoms with Gasteiger partial charge in [-0.2, -0.15) is 0 Å². The normalized spacial score (nSPS) is 10.4. The molecule has 1 aromatic heterocycles. The molecule has 0 atom stereocenters. The number of hydrogen-bond donors (Lipinski definition) is 0. The Morgan fingerprint density at radius 2 is 2.29 bits per heavy atom. The molecule has 1 aromatic carbocycles. The van der Waals surface area contributed by atoms with Crippen LogP contribution in [-0.2, 0) is 6.42 Å². The second-order valence-corrected chi connectivity index (χ2v) is 3.33. The van der Waals surface area contributed by atoms with Crippen LogP contribution in [0.4, 0.5) is 0 Å². The Morgan fingerprint density at radius 1 is 1.43 bits per heavy atom. The van der Waals surface area contributed by atoms with E-state index in [4.69, 9.17) is 11.6 Å². The van der Waals surface area contributed by atoms with Gasteiger partial charge in [0.15, 0.2) is 0 Å². The molecule has 0 aliphatic carbocycles. The predicted octanol–water partition coefficient (Wildman–Crippen LogP) is 2.48. The summed E-state index contributed by atoms with van der Waals surface area (Å²) in [6.07, 6.45) is 2.62. The molecule has 0 saturated carbocycles. The number of nitrogens with zero attached hydrogens (tertiary/aromatic N) is 3. The molecule has 0 aliphatic rings. The molecule has 0 N–H and O–H groups in total. The quantitative estimate of drug-likeness (QED) is 0.758. The number of rotatable bonds is 2. The van der Waals surface area contributed by atoms with Crippen molar-refractivity contribution in [3.63, 3.8) is 0 Å². The Morgan fingerprint density at radius 3 is 2.93 bits per heavy atom. The van der Waals surface area contributed by atoms with Gasteiger partial charge >= 0.3 is 0 Å². The molecule has 2 rings (SSSR count). The fourth-order valence-corrected chi connectivity index (χ4v) is 1.51. The molecule has 2 aromatic rings. The summed E-state index contributed by atoms with van der Waals surface area (Å²) >= 11 is 5.86. The SMILES string of the molecule is CCc1cccc(-n2cnnc2Cl)c1. The fraction of sp³-hybridized carbons (Fsp3) is 0.200. The maximum atomic E-state index is 5.86. The third kappa shape index (κ3) is 1.63. The standard InChI is InChI=1S/C10H10ClN3/c1-2-8-4-3-5-9(6-8)14-7-12-13-10(14)11/h3-7H,2H2,1H3. The summed E-state index contributed by atoms with van der Waals surface area (Å²) in [6, 6.07) is 8.15. The maximum absolute atomic E-state index is 5.86. The Labute approximate surface area is 87.3 Å². The van der Waals surface area contributed by atoms with Crippen LogP contribution in [0.1, 0.15) is 12.5 Å². The van der Waals surface area contributed by atoms with Gasteiger partial charge in [0, 0.05) is 5.69 Å². The zero-order valence-corrected chi connectivity index (χ0v) is 8.57. The van der Waals surface area contributed by atoms with Gasteiger partial charge in [-0.15, -0.1) is 10.2 Å². The lowest BCUT2D eigenvalue weighted by Crippen LogP contribution is -1.93. The van der Waals surface area contributed by atoms with Crippen molar-refractivity contribution in [2.45, 2.75) is 13.3 Å². The zero-order chi connectivity index (χ0) is 9.97. The number of benzene rings is 1. The summed E-state index contributed by atoms with van der Waals surface area (Å²) in [5.74, 6) is 0. The molecule has 0 aliphatic heterocycles. The van der Waals surface area contributed by atoms with Gasteiger partial charge < -0.3 is 0 Å². The highest BCUT2D eigenvalue weighted by atomic mass is 35.5. The number of hydrogen-bond acceptors (Lipinski definition) is 2. The van der Waals surface area contributed by atoms with E-state index in [1.807, 2.05) is 12.1 Å². The van der Waals surface area contributed by atoms with E-state index in [1.165, 1.54) is 5.56 Å². The van der Waals surface area contributed by atoms with E-state index in [-0.39, 0.29) is 0 Å². The first-order valence-corrected chi connectivity index (χ1v) is 4.84. The first-order chi connectivity index (χ1) is 6.81. The van der Waals surface area contributed by atoms with Crippen LogP contribution in [0.3, 0.4) is 0 Å².